The summed E-state index contributed by atoms with van der Waals surface area (Å²) in [4.78, 5) is 14.4. The molecule has 0 radical (unpaired) electrons. The van der Waals surface area contributed by atoms with Crippen molar-refractivity contribution in [2.24, 2.45) is 0 Å². The number of anilines is 1. The normalized spacial score (nSPS) is 16.9. The second-order valence-electron chi connectivity index (χ2n) is 5.69. The molecular formula is C16H24N2O. The number of nitrogen functional groups attached to an aromatic ring is 1. The van der Waals surface area contributed by atoms with E-state index in [4.69, 9.17) is 5.73 Å². The molecule has 0 bridgehead atoms. The van der Waals surface area contributed by atoms with Gasteiger partial charge in [0.05, 0.1) is 0 Å². The van der Waals surface area contributed by atoms with Crippen LogP contribution >= 0.6 is 0 Å². The van der Waals surface area contributed by atoms with Crippen LogP contribution in [0.15, 0.2) is 18.2 Å². The van der Waals surface area contributed by atoms with Gasteiger partial charge in [0.1, 0.15) is 0 Å². The minimum Gasteiger partial charge on any atom is -0.399 e. The summed E-state index contributed by atoms with van der Waals surface area (Å²) in [5.41, 5.74) is 8.25. The monoisotopic (exact) mass is 260 g/mol. The van der Waals surface area contributed by atoms with Crippen LogP contribution in [-0.4, -0.2) is 23.9 Å². The minimum atomic E-state index is 0.0994. The van der Waals surface area contributed by atoms with Crippen LogP contribution in [0.2, 0.25) is 0 Å². The zero-order chi connectivity index (χ0) is 13.8. The predicted molar refractivity (Wildman–Crippen MR) is 79.2 cm³/mol. The third-order valence-corrected chi connectivity index (χ3v) is 4.04. The van der Waals surface area contributed by atoms with E-state index in [9.17, 15) is 4.79 Å². The summed E-state index contributed by atoms with van der Waals surface area (Å²) in [5.74, 6) is 0.0994. The van der Waals surface area contributed by atoms with Gasteiger partial charge >= 0.3 is 0 Å². The molecular weight excluding hydrogens is 236 g/mol. The lowest BCUT2D eigenvalue weighted by molar-refractivity contribution is 0.0717. The maximum Gasteiger partial charge on any atom is 0.253 e. The van der Waals surface area contributed by atoms with Gasteiger partial charge in [0.25, 0.3) is 5.91 Å². The van der Waals surface area contributed by atoms with Crippen LogP contribution in [0.25, 0.3) is 0 Å². The van der Waals surface area contributed by atoms with E-state index in [1.165, 1.54) is 25.7 Å². The lowest BCUT2D eigenvalue weighted by Crippen LogP contribution is -2.36. The fourth-order valence-electron chi connectivity index (χ4n) is 2.95. The van der Waals surface area contributed by atoms with Crippen molar-refractivity contribution in [2.45, 2.75) is 51.5 Å². The van der Waals surface area contributed by atoms with Gasteiger partial charge in [-0.25, -0.2) is 0 Å². The second kappa shape index (κ2) is 6.09. The molecule has 1 amide bonds. The summed E-state index contributed by atoms with van der Waals surface area (Å²) in [6.07, 6.45) is 7.33. The van der Waals surface area contributed by atoms with E-state index >= 15 is 0 Å². The quantitative estimate of drug-likeness (QED) is 0.654. The molecule has 1 aliphatic carbocycles. The standard InChI is InChI=1S/C16H24N2O/c1-12-9-13(11-14(17)10-12)16(19)18(2)15-7-5-3-4-6-8-15/h9-11,15H,3-8,17H2,1-2H3. The highest BCUT2D eigenvalue weighted by Crippen LogP contribution is 2.23. The zero-order valence-corrected chi connectivity index (χ0v) is 12.0. The molecule has 2 rings (SSSR count). The first-order chi connectivity index (χ1) is 9.08. The molecule has 0 aromatic heterocycles. The summed E-state index contributed by atoms with van der Waals surface area (Å²) in [6, 6.07) is 5.98. The van der Waals surface area contributed by atoms with Crippen molar-refractivity contribution in [1.82, 2.24) is 4.90 Å². The van der Waals surface area contributed by atoms with Crippen LogP contribution in [0.3, 0.4) is 0 Å². The summed E-state index contributed by atoms with van der Waals surface area (Å²) < 4.78 is 0. The molecule has 1 saturated carbocycles. The number of carbonyl (C=O) groups is 1. The molecule has 0 spiro atoms. The number of hydrogen-bond donors (Lipinski definition) is 1. The number of amides is 1. The Balaban J connectivity index is 2.13. The Morgan fingerprint density at radius 2 is 1.79 bits per heavy atom. The number of hydrogen-bond acceptors (Lipinski definition) is 2. The van der Waals surface area contributed by atoms with Crippen molar-refractivity contribution in [3.63, 3.8) is 0 Å². The van der Waals surface area contributed by atoms with Crippen LogP contribution in [0.5, 0.6) is 0 Å². The van der Waals surface area contributed by atoms with Crippen molar-refractivity contribution >= 4 is 11.6 Å². The minimum absolute atomic E-state index is 0.0994. The molecule has 104 valence electrons. The fraction of sp³-hybridized carbons (Fsp3) is 0.562. The highest BCUT2D eigenvalue weighted by atomic mass is 16.2. The molecule has 0 unspecified atom stereocenters. The van der Waals surface area contributed by atoms with E-state index in [0.717, 1.165) is 18.4 Å². The largest absolute Gasteiger partial charge is 0.399 e. The second-order valence-corrected chi connectivity index (χ2v) is 5.69. The molecule has 0 aliphatic heterocycles. The van der Waals surface area contributed by atoms with E-state index in [1.807, 2.05) is 31.0 Å². The summed E-state index contributed by atoms with van der Waals surface area (Å²) in [6.45, 7) is 1.97. The molecule has 3 nitrogen and oxygen atoms in total. The first-order valence-corrected chi connectivity index (χ1v) is 7.22. The van der Waals surface area contributed by atoms with E-state index in [0.29, 0.717) is 17.3 Å². The SMILES string of the molecule is Cc1cc(N)cc(C(=O)N(C)C2CCCCCC2)c1. The number of aryl methyl sites for hydroxylation is 1. The van der Waals surface area contributed by atoms with Crippen molar-refractivity contribution in [3.05, 3.63) is 29.3 Å². The Morgan fingerprint density at radius 3 is 2.37 bits per heavy atom. The molecule has 0 saturated heterocycles. The summed E-state index contributed by atoms with van der Waals surface area (Å²) in [7, 11) is 1.93. The van der Waals surface area contributed by atoms with E-state index < -0.39 is 0 Å². The number of rotatable bonds is 2. The summed E-state index contributed by atoms with van der Waals surface area (Å²) >= 11 is 0. The van der Waals surface area contributed by atoms with Crippen molar-refractivity contribution in [2.75, 3.05) is 12.8 Å². The van der Waals surface area contributed by atoms with E-state index in [1.54, 1.807) is 6.07 Å². The molecule has 1 aromatic carbocycles. The van der Waals surface area contributed by atoms with Crippen LogP contribution in [-0.2, 0) is 0 Å². The maximum atomic E-state index is 12.5. The maximum absolute atomic E-state index is 12.5. The molecule has 1 aromatic rings. The molecule has 19 heavy (non-hydrogen) atoms. The lowest BCUT2D eigenvalue weighted by atomic mass is 10.0. The Kier molecular flexibility index (Phi) is 4.46. The van der Waals surface area contributed by atoms with Crippen molar-refractivity contribution in [1.29, 1.82) is 0 Å². The summed E-state index contributed by atoms with van der Waals surface area (Å²) in [5, 5.41) is 0. The average molecular weight is 260 g/mol. The van der Waals surface area contributed by atoms with Gasteiger partial charge in [0, 0.05) is 24.3 Å². The zero-order valence-electron chi connectivity index (χ0n) is 12.0. The Labute approximate surface area is 115 Å². The lowest BCUT2D eigenvalue weighted by Gasteiger charge is -2.27. The first-order valence-electron chi connectivity index (χ1n) is 7.22. The Hall–Kier alpha value is -1.51. The first kappa shape index (κ1) is 13.9. The van der Waals surface area contributed by atoms with Gasteiger partial charge in [-0.2, -0.15) is 0 Å². The number of carbonyl (C=O) groups excluding carboxylic acids is 1. The fourth-order valence-corrected chi connectivity index (χ4v) is 2.95. The van der Waals surface area contributed by atoms with E-state index in [2.05, 4.69) is 0 Å². The Morgan fingerprint density at radius 1 is 1.16 bits per heavy atom. The van der Waals surface area contributed by atoms with Gasteiger partial charge in [-0.15, -0.1) is 0 Å². The van der Waals surface area contributed by atoms with E-state index in [-0.39, 0.29) is 5.91 Å². The van der Waals surface area contributed by atoms with Crippen LogP contribution in [0.1, 0.15) is 54.4 Å². The van der Waals surface area contributed by atoms with Crippen molar-refractivity contribution < 1.29 is 4.79 Å². The van der Waals surface area contributed by atoms with Gasteiger partial charge in [-0.3, -0.25) is 4.79 Å². The van der Waals surface area contributed by atoms with Crippen LogP contribution < -0.4 is 5.73 Å². The number of nitrogens with two attached hydrogens (primary N) is 1. The van der Waals surface area contributed by atoms with Crippen LogP contribution in [0.4, 0.5) is 5.69 Å². The highest BCUT2D eigenvalue weighted by Gasteiger charge is 2.22. The molecule has 3 heteroatoms. The number of nitrogens with zero attached hydrogens (tertiary/aromatic N) is 1. The van der Waals surface area contributed by atoms with Gasteiger partial charge in [-0.05, 0) is 43.5 Å². The topological polar surface area (TPSA) is 46.3 Å². The van der Waals surface area contributed by atoms with Gasteiger partial charge in [0.2, 0.25) is 0 Å². The molecule has 1 aliphatic rings. The Bertz CT molecular complexity index is 428. The molecule has 0 heterocycles. The third-order valence-electron chi connectivity index (χ3n) is 4.04. The van der Waals surface area contributed by atoms with Gasteiger partial charge in [0.15, 0.2) is 0 Å². The average Bonchev–Trinajstić information content (AvgIpc) is 2.64. The number of benzene rings is 1. The smallest absolute Gasteiger partial charge is 0.253 e. The van der Waals surface area contributed by atoms with Gasteiger partial charge in [-0.1, -0.05) is 25.7 Å². The molecule has 1 fully saturated rings. The van der Waals surface area contributed by atoms with Crippen LogP contribution in [0, 0.1) is 6.92 Å². The third kappa shape index (κ3) is 3.49. The molecule has 0 atom stereocenters. The highest BCUT2D eigenvalue weighted by molar-refractivity contribution is 5.95. The molecule has 2 N–H and O–H groups in total. The van der Waals surface area contributed by atoms with Gasteiger partial charge < -0.3 is 10.6 Å². The predicted octanol–water partition coefficient (Wildman–Crippen LogP) is 3.37. The van der Waals surface area contributed by atoms with Crippen molar-refractivity contribution in [3.8, 4) is 0 Å².